The van der Waals surface area contributed by atoms with Gasteiger partial charge in [0.15, 0.2) is 5.15 Å². The van der Waals surface area contributed by atoms with Crippen LogP contribution in [-0.4, -0.2) is 29.1 Å². The van der Waals surface area contributed by atoms with Gasteiger partial charge in [-0.15, -0.1) is 5.11 Å². The highest BCUT2D eigenvalue weighted by atomic mass is 35.5. The van der Waals surface area contributed by atoms with Crippen LogP contribution in [0.5, 0.6) is 0 Å². The van der Waals surface area contributed by atoms with Crippen LogP contribution in [-0.2, 0) is 0 Å². The number of nitrogens with zero attached hydrogens (tertiary/aromatic N) is 4. The molecule has 0 amide bonds. The Kier molecular flexibility index (Phi) is 2.43. The van der Waals surface area contributed by atoms with Gasteiger partial charge in [-0.3, -0.25) is 5.01 Å². The van der Waals surface area contributed by atoms with E-state index in [0.717, 1.165) is 0 Å². The largest absolute Gasteiger partial charge is 0.334 e. The molecular formula is C5H8ClN5. The van der Waals surface area contributed by atoms with Gasteiger partial charge >= 0.3 is 0 Å². The second-order valence-corrected chi connectivity index (χ2v) is 2.45. The lowest BCUT2D eigenvalue weighted by atomic mass is 10.8. The first kappa shape index (κ1) is 8.00. The van der Waals surface area contributed by atoms with Crippen molar-refractivity contribution in [2.45, 2.75) is 0 Å². The van der Waals surface area contributed by atoms with Crippen molar-refractivity contribution in [2.75, 3.05) is 14.1 Å². The van der Waals surface area contributed by atoms with E-state index in [1.807, 2.05) is 0 Å². The van der Waals surface area contributed by atoms with Gasteiger partial charge in [-0.25, -0.2) is 4.98 Å². The number of aromatic amines is 1. The molecule has 1 aromatic heterocycles. The summed E-state index contributed by atoms with van der Waals surface area (Å²) in [5.41, 5.74) is 0. The third-order valence-corrected chi connectivity index (χ3v) is 1.17. The Morgan fingerprint density at radius 1 is 1.64 bits per heavy atom. The van der Waals surface area contributed by atoms with Gasteiger partial charge in [0.1, 0.15) is 0 Å². The summed E-state index contributed by atoms with van der Waals surface area (Å²) in [5, 5.41) is 9.42. The molecule has 1 aromatic rings. The van der Waals surface area contributed by atoms with E-state index < -0.39 is 0 Å². The smallest absolute Gasteiger partial charge is 0.213 e. The van der Waals surface area contributed by atoms with Crippen molar-refractivity contribution in [3.8, 4) is 0 Å². The molecule has 0 atom stereocenters. The first-order chi connectivity index (χ1) is 5.20. The van der Waals surface area contributed by atoms with Crippen molar-refractivity contribution in [3.63, 3.8) is 0 Å². The number of imidazole rings is 1. The van der Waals surface area contributed by atoms with Crippen molar-refractivity contribution >= 4 is 17.4 Å². The molecule has 1 heterocycles. The molecule has 0 aliphatic heterocycles. The maximum Gasteiger partial charge on any atom is 0.213 e. The monoisotopic (exact) mass is 173 g/mol. The molecule has 0 fully saturated rings. The quantitative estimate of drug-likeness (QED) is 0.546. The Morgan fingerprint density at radius 2 is 2.36 bits per heavy atom. The maximum atomic E-state index is 5.63. The number of nitrogens with one attached hydrogen (secondary N) is 1. The lowest BCUT2D eigenvalue weighted by Crippen LogP contribution is -1.98. The van der Waals surface area contributed by atoms with Crippen molar-refractivity contribution in [3.05, 3.63) is 11.5 Å². The highest BCUT2D eigenvalue weighted by molar-refractivity contribution is 6.31. The van der Waals surface area contributed by atoms with E-state index in [1.165, 1.54) is 6.33 Å². The minimum atomic E-state index is 0.399. The number of halogens is 1. The van der Waals surface area contributed by atoms with Crippen LogP contribution in [0.1, 0.15) is 0 Å². The topological polar surface area (TPSA) is 56.6 Å². The molecule has 0 saturated heterocycles. The number of H-pyrrole nitrogens is 1. The van der Waals surface area contributed by atoms with E-state index in [9.17, 15) is 0 Å². The minimum absolute atomic E-state index is 0.399. The Hall–Kier alpha value is -1.10. The summed E-state index contributed by atoms with van der Waals surface area (Å²) in [6, 6.07) is 0. The third-order valence-electron chi connectivity index (χ3n) is 0.893. The summed E-state index contributed by atoms with van der Waals surface area (Å²) in [5.74, 6) is 0.403. The van der Waals surface area contributed by atoms with Crippen molar-refractivity contribution in [1.82, 2.24) is 15.0 Å². The van der Waals surface area contributed by atoms with E-state index in [2.05, 4.69) is 20.3 Å². The van der Waals surface area contributed by atoms with Crippen LogP contribution < -0.4 is 0 Å². The van der Waals surface area contributed by atoms with Gasteiger partial charge in [0.2, 0.25) is 5.82 Å². The molecule has 1 rings (SSSR count). The van der Waals surface area contributed by atoms with Gasteiger partial charge in [0.05, 0.1) is 6.33 Å². The normalized spacial score (nSPS) is 10.8. The third kappa shape index (κ3) is 2.19. The first-order valence-corrected chi connectivity index (χ1v) is 3.36. The Bertz CT molecular complexity index is 253. The number of aromatic nitrogens is 2. The van der Waals surface area contributed by atoms with Gasteiger partial charge in [0.25, 0.3) is 0 Å². The molecule has 0 spiro atoms. The highest BCUT2D eigenvalue weighted by Crippen LogP contribution is 2.18. The SMILES string of the molecule is CN(C)N=Nc1nc[nH]c1Cl. The predicted molar refractivity (Wildman–Crippen MR) is 41.8 cm³/mol. The molecule has 0 aliphatic rings. The molecule has 60 valence electrons. The fraction of sp³-hybridized carbons (Fsp3) is 0.400. The van der Waals surface area contributed by atoms with Crippen LogP contribution in [0.25, 0.3) is 0 Å². The lowest BCUT2D eigenvalue weighted by molar-refractivity contribution is 0.408. The Balaban J connectivity index is 2.71. The predicted octanol–water partition coefficient (Wildman–Crippen LogP) is 1.62. The Labute approximate surface area is 69.1 Å². The lowest BCUT2D eigenvalue weighted by Gasteiger charge is -1.98. The highest BCUT2D eigenvalue weighted by Gasteiger charge is 1.98. The van der Waals surface area contributed by atoms with Crippen LogP contribution in [0.4, 0.5) is 5.82 Å². The average Bonchev–Trinajstić information content (AvgIpc) is 2.31. The van der Waals surface area contributed by atoms with Crippen molar-refractivity contribution in [1.29, 1.82) is 0 Å². The van der Waals surface area contributed by atoms with E-state index >= 15 is 0 Å². The molecular weight excluding hydrogens is 166 g/mol. The minimum Gasteiger partial charge on any atom is -0.334 e. The van der Waals surface area contributed by atoms with Gasteiger partial charge < -0.3 is 4.98 Å². The molecule has 0 aliphatic carbocycles. The van der Waals surface area contributed by atoms with Crippen LogP contribution in [0.15, 0.2) is 16.7 Å². The first-order valence-electron chi connectivity index (χ1n) is 2.98. The molecule has 0 aromatic carbocycles. The summed E-state index contributed by atoms with van der Waals surface area (Å²) in [4.78, 5) is 6.49. The summed E-state index contributed by atoms with van der Waals surface area (Å²) in [6.45, 7) is 0. The van der Waals surface area contributed by atoms with Crippen molar-refractivity contribution in [2.24, 2.45) is 10.3 Å². The standard InChI is InChI=1S/C5H8ClN5/c1-11(2)10-9-5-4(6)7-3-8-5/h3H,1-2H3,(H,7,8). The fourth-order valence-corrected chi connectivity index (χ4v) is 0.608. The van der Waals surface area contributed by atoms with Gasteiger partial charge in [-0.1, -0.05) is 16.8 Å². The van der Waals surface area contributed by atoms with E-state index in [-0.39, 0.29) is 0 Å². The Morgan fingerprint density at radius 3 is 2.82 bits per heavy atom. The zero-order chi connectivity index (χ0) is 8.27. The van der Waals surface area contributed by atoms with Crippen LogP contribution >= 0.6 is 11.6 Å². The van der Waals surface area contributed by atoms with E-state index in [4.69, 9.17) is 11.6 Å². The maximum absolute atomic E-state index is 5.63. The molecule has 11 heavy (non-hydrogen) atoms. The average molecular weight is 174 g/mol. The molecule has 0 saturated carbocycles. The van der Waals surface area contributed by atoms with E-state index in [1.54, 1.807) is 19.1 Å². The summed E-state index contributed by atoms with van der Waals surface area (Å²) < 4.78 is 0. The van der Waals surface area contributed by atoms with Crippen LogP contribution in [0.2, 0.25) is 5.15 Å². The second kappa shape index (κ2) is 3.34. The molecule has 0 radical (unpaired) electrons. The summed E-state index contributed by atoms with van der Waals surface area (Å²) >= 11 is 5.63. The van der Waals surface area contributed by atoms with Crippen LogP contribution in [0, 0.1) is 0 Å². The number of hydrogen-bond donors (Lipinski definition) is 1. The fourth-order valence-electron chi connectivity index (χ4n) is 0.473. The number of rotatable bonds is 2. The number of hydrogen-bond acceptors (Lipinski definition) is 3. The van der Waals surface area contributed by atoms with Crippen LogP contribution in [0.3, 0.4) is 0 Å². The summed E-state index contributed by atoms with van der Waals surface area (Å²) in [7, 11) is 3.54. The zero-order valence-electron chi connectivity index (χ0n) is 6.24. The molecule has 1 N–H and O–H groups in total. The van der Waals surface area contributed by atoms with Crippen molar-refractivity contribution < 1.29 is 0 Å². The molecule has 6 heteroatoms. The van der Waals surface area contributed by atoms with Gasteiger partial charge in [-0.05, 0) is 0 Å². The summed E-state index contributed by atoms with van der Waals surface area (Å²) in [6.07, 6.45) is 1.46. The molecule has 0 unspecified atom stereocenters. The van der Waals surface area contributed by atoms with E-state index in [0.29, 0.717) is 11.0 Å². The van der Waals surface area contributed by atoms with Gasteiger partial charge in [0, 0.05) is 14.1 Å². The van der Waals surface area contributed by atoms with Gasteiger partial charge in [-0.2, -0.15) is 0 Å². The molecule has 0 bridgehead atoms. The second-order valence-electron chi connectivity index (χ2n) is 2.08. The zero-order valence-corrected chi connectivity index (χ0v) is 7.00. The molecule has 5 nitrogen and oxygen atoms in total.